The average molecular weight is 377 g/mol. The largest absolute Gasteiger partial charge is 0.495 e. The molecule has 1 N–H and O–H groups in total. The molecule has 1 aromatic carbocycles. The number of hydrogen-bond donors (Lipinski definition) is 1. The smallest absolute Gasteiger partial charge is 0.255 e. The first-order chi connectivity index (χ1) is 13.5. The molecule has 0 spiro atoms. The third-order valence-corrected chi connectivity index (χ3v) is 7.21. The van der Waals surface area contributed by atoms with Gasteiger partial charge in [-0.15, -0.1) is 0 Å². The molecular formula is C24H28N2O2. The van der Waals surface area contributed by atoms with Gasteiger partial charge in [0.05, 0.1) is 12.8 Å². The van der Waals surface area contributed by atoms with Gasteiger partial charge in [0.1, 0.15) is 5.75 Å². The van der Waals surface area contributed by atoms with Crippen LogP contribution >= 0.6 is 0 Å². The second-order valence-corrected chi connectivity index (χ2v) is 9.29. The van der Waals surface area contributed by atoms with Crippen LogP contribution in [0.5, 0.6) is 5.75 Å². The standard InChI is InChI=1S/C24H28N2O2/c1-15-3-4-21(28-2)20(7-15)26-23(27)19-5-6-25-22(11-19)24-12-16-8-17(13-24)10-18(9-16)14-24/h3-7,11,16-18H,8-10,12-14H2,1-2H3,(H,26,27). The highest BCUT2D eigenvalue weighted by atomic mass is 16.5. The fraction of sp³-hybridized carbons (Fsp3) is 0.500. The van der Waals surface area contributed by atoms with E-state index in [1.807, 2.05) is 43.5 Å². The quantitative estimate of drug-likeness (QED) is 0.806. The summed E-state index contributed by atoms with van der Waals surface area (Å²) >= 11 is 0. The fourth-order valence-corrected chi connectivity index (χ4v) is 6.40. The van der Waals surface area contributed by atoms with Crippen molar-refractivity contribution in [3.63, 3.8) is 0 Å². The van der Waals surface area contributed by atoms with E-state index < -0.39 is 0 Å². The van der Waals surface area contributed by atoms with Crippen LogP contribution in [0.25, 0.3) is 0 Å². The highest BCUT2D eigenvalue weighted by molar-refractivity contribution is 6.05. The fourth-order valence-electron chi connectivity index (χ4n) is 6.40. The lowest BCUT2D eigenvalue weighted by molar-refractivity contribution is -0.00721. The van der Waals surface area contributed by atoms with Crippen LogP contribution in [0.1, 0.15) is 60.1 Å². The molecule has 4 aliphatic carbocycles. The molecule has 1 heterocycles. The van der Waals surface area contributed by atoms with Crippen molar-refractivity contribution in [2.75, 3.05) is 12.4 Å². The molecule has 4 fully saturated rings. The molecule has 0 unspecified atom stereocenters. The maximum Gasteiger partial charge on any atom is 0.255 e. The topological polar surface area (TPSA) is 51.2 Å². The zero-order valence-corrected chi connectivity index (χ0v) is 16.7. The van der Waals surface area contributed by atoms with Gasteiger partial charge in [-0.2, -0.15) is 0 Å². The van der Waals surface area contributed by atoms with E-state index in [0.29, 0.717) is 17.0 Å². The van der Waals surface area contributed by atoms with Gasteiger partial charge < -0.3 is 10.1 Å². The number of aromatic nitrogens is 1. The number of nitrogens with one attached hydrogen (secondary N) is 1. The molecule has 4 heteroatoms. The lowest BCUT2D eigenvalue weighted by atomic mass is 9.48. The van der Waals surface area contributed by atoms with Crippen LogP contribution in [-0.4, -0.2) is 18.0 Å². The molecule has 0 aliphatic heterocycles. The summed E-state index contributed by atoms with van der Waals surface area (Å²) in [6, 6.07) is 9.68. The maximum absolute atomic E-state index is 13.0. The SMILES string of the molecule is COc1ccc(C)cc1NC(=O)c1ccnc(C23CC4CC(CC(C4)C2)C3)c1. The molecule has 4 bridgehead atoms. The Morgan fingerprint density at radius 1 is 1.07 bits per heavy atom. The normalized spacial score (nSPS) is 30.3. The van der Waals surface area contributed by atoms with Crippen LogP contribution in [0.4, 0.5) is 5.69 Å². The summed E-state index contributed by atoms with van der Waals surface area (Å²) in [6.07, 6.45) is 9.80. The van der Waals surface area contributed by atoms with Crippen LogP contribution in [0.3, 0.4) is 0 Å². The summed E-state index contributed by atoms with van der Waals surface area (Å²) in [5, 5.41) is 3.03. The van der Waals surface area contributed by atoms with Crippen molar-refractivity contribution in [1.29, 1.82) is 0 Å². The maximum atomic E-state index is 13.0. The van der Waals surface area contributed by atoms with Crippen LogP contribution < -0.4 is 10.1 Å². The molecule has 0 saturated heterocycles. The molecule has 4 nitrogen and oxygen atoms in total. The molecule has 146 valence electrons. The third kappa shape index (κ3) is 2.99. The van der Waals surface area contributed by atoms with E-state index >= 15 is 0 Å². The molecule has 0 radical (unpaired) electrons. The monoisotopic (exact) mass is 376 g/mol. The number of carbonyl (C=O) groups is 1. The number of nitrogens with zero attached hydrogens (tertiary/aromatic N) is 1. The van der Waals surface area contributed by atoms with Crippen molar-refractivity contribution in [3.05, 3.63) is 53.3 Å². The van der Waals surface area contributed by atoms with Gasteiger partial charge in [0.25, 0.3) is 5.91 Å². The summed E-state index contributed by atoms with van der Waals surface area (Å²) in [5.74, 6) is 3.16. The van der Waals surface area contributed by atoms with Gasteiger partial charge in [0, 0.05) is 22.9 Å². The van der Waals surface area contributed by atoms with E-state index in [2.05, 4.69) is 5.32 Å². The van der Waals surface area contributed by atoms with E-state index in [4.69, 9.17) is 9.72 Å². The number of aryl methyl sites for hydroxylation is 1. The minimum atomic E-state index is -0.0997. The first-order valence-electron chi connectivity index (χ1n) is 10.5. The molecule has 0 atom stereocenters. The average Bonchev–Trinajstić information content (AvgIpc) is 2.67. The number of hydrogen-bond acceptors (Lipinski definition) is 3. The number of benzene rings is 1. The van der Waals surface area contributed by atoms with Gasteiger partial charge in [0.15, 0.2) is 0 Å². The second kappa shape index (κ2) is 6.61. The Labute approximate surface area is 166 Å². The van der Waals surface area contributed by atoms with E-state index in [-0.39, 0.29) is 11.3 Å². The Hall–Kier alpha value is -2.36. The lowest BCUT2D eigenvalue weighted by Crippen LogP contribution is -2.49. The predicted octanol–water partition coefficient (Wildman–Crippen LogP) is 5.12. The first-order valence-corrected chi connectivity index (χ1v) is 10.5. The van der Waals surface area contributed by atoms with Gasteiger partial charge in [-0.25, -0.2) is 0 Å². The van der Waals surface area contributed by atoms with Crippen LogP contribution in [-0.2, 0) is 5.41 Å². The molecule has 4 saturated carbocycles. The molecule has 28 heavy (non-hydrogen) atoms. The zero-order chi connectivity index (χ0) is 19.3. The number of methoxy groups -OCH3 is 1. The number of ether oxygens (including phenoxy) is 1. The Morgan fingerprint density at radius 3 is 2.39 bits per heavy atom. The second-order valence-electron chi connectivity index (χ2n) is 9.29. The zero-order valence-electron chi connectivity index (χ0n) is 16.7. The number of rotatable bonds is 4. The predicted molar refractivity (Wildman–Crippen MR) is 110 cm³/mol. The summed E-state index contributed by atoms with van der Waals surface area (Å²) in [4.78, 5) is 17.7. The minimum Gasteiger partial charge on any atom is -0.495 e. The molecule has 6 rings (SSSR count). The van der Waals surface area contributed by atoms with Gasteiger partial charge in [-0.05, 0) is 93.0 Å². The van der Waals surface area contributed by atoms with Crippen molar-refractivity contribution in [2.45, 2.75) is 50.9 Å². The van der Waals surface area contributed by atoms with Crippen molar-refractivity contribution < 1.29 is 9.53 Å². The summed E-state index contributed by atoms with van der Waals surface area (Å²) in [7, 11) is 1.62. The number of amides is 1. The summed E-state index contributed by atoms with van der Waals surface area (Å²) in [6.45, 7) is 2.01. The van der Waals surface area contributed by atoms with Crippen molar-refractivity contribution in [1.82, 2.24) is 4.98 Å². The van der Waals surface area contributed by atoms with Gasteiger partial charge in [0.2, 0.25) is 0 Å². The Bertz CT molecular complexity index is 885. The Kier molecular flexibility index (Phi) is 4.18. The van der Waals surface area contributed by atoms with E-state index in [1.54, 1.807) is 7.11 Å². The highest BCUT2D eigenvalue weighted by Crippen LogP contribution is 2.60. The van der Waals surface area contributed by atoms with Gasteiger partial charge in [-0.3, -0.25) is 9.78 Å². The van der Waals surface area contributed by atoms with Crippen LogP contribution in [0.2, 0.25) is 0 Å². The van der Waals surface area contributed by atoms with Gasteiger partial charge in [-0.1, -0.05) is 6.07 Å². The molecule has 1 amide bonds. The van der Waals surface area contributed by atoms with E-state index in [0.717, 1.165) is 29.0 Å². The third-order valence-electron chi connectivity index (χ3n) is 7.21. The first kappa shape index (κ1) is 17.7. The molecule has 1 aromatic heterocycles. The van der Waals surface area contributed by atoms with Crippen molar-refractivity contribution in [2.24, 2.45) is 17.8 Å². The van der Waals surface area contributed by atoms with E-state index in [9.17, 15) is 4.79 Å². The molecule has 4 aliphatic rings. The Balaban J connectivity index is 1.42. The van der Waals surface area contributed by atoms with Crippen molar-refractivity contribution >= 4 is 11.6 Å². The summed E-state index contributed by atoms with van der Waals surface area (Å²) < 4.78 is 5.40. The lowest BCUT2D eigenvalue weighted by Gasteiger charge is -2.56. The summed E-state index contributed by atoms with van der Waals surface area (Å²) in [5.41, 5.74) is 3.81. The highest BCUT2D eigenvalue weighted by Gasteiger charge is 2.52. The number of carbonyl (C=O) groups excluding carboxylic acids is 1. The minimum absolute atomic E-state index is 0.0997. The Morgan fingerprint density at radius 2 is 1.75 bits per heavy atom. The van der Waals surface area contributed by atoms with Crippen LogP contribution in [0.15, 0.2) is 36.5 Å². The molecular weight excluding hydrogens is 348 g/mol. The number of anilines is 1. The molecule has 2 aromatic rings. The number of pyridine rings is 1. The van der Waals surface area contributed by atoms with Gasteiger partial charge >= 0.3 is 0 Å². The van der Waals surface area contributed by atoms with Crippen molar-refractivity contribution in [3.8, 4) is 5.75 Å². The van der Waals surface area contributed by atoms with Crippen LogP contribution in [0, 0.1) is 24.7 Å². The van der Waals surface area contributed by atoms with E-state index in [1.165, 1.54) is 38.5 Å².